The second-order valence-corrected chi connectivity index (χ2v) is 9.65. The van der Waals surface area contributed by atoms with E-state index in [1.807, 2.05) is 0 Å². The van der Waals surface area contributed by atoms with Crippen LogP contribution in [0.3, 0.4) is 0 Å². The molecule has 2 aliphatic heterocycles. The fraction of sp³-hybridized carbons (Fsp3) is 0.731. The molecule has 1 N–H and O–H groups in total. The lowest BCUT2D eigenvalue weighted by atomic mass is 9.97. The van der Waals surface area contributed by atoms with Gasteiger partial charge < -0.3 is 52.5 Å². The number of esters is 7. The highest BCUT2D eigenvalue weighted by molar-refractivity contribution is 5.69. The first kappa shape index (κ1) is 36.3. The van der Waals surface area contributed by atoms with Crippen molar-refractivity contribution in [1.82, 2.24) is 0 Å². The molecule has 0 aromatic carbocycles. The zero-order chi connectivity index (χ0) is 33.3. The molecule has 0 aromatic rings. The topological polar surface area (TPSA) is 232 Å². The summed E-state index contributed by atoms with van der Waals surface area (Å²) in [7, 11) is 0. The predicted octanol–water partition coefficient (Wildman–Crippen LogP) is -1.40. The monoisotopic (exact) mass is 636 g/mol. The van der Waals surface area contributed by atoms with Crippen LogP contribution in [0, 0.1) is 0 Å². The maximum atomic E-state index is 12.1. The molecule has 2 saturated heterocycles. The number of aliphatic hydroxyl groups is 1. The Morgan fingerprint density at radius 3 is 1.14 bits per heavy atom. The Morgan fingerprint density at radius 1 is 0.477 bits per heavy atom. The van der Waals surface area contributed by atoms with Crippen LogP contribution in [0.1, 0.15) is 48.5 Å². The summed E-state index contributed by atoms with van der Waals surface area (Å²) in [5.74, 6) is -6.11. The van der Waals surface area contributed by atoms with E-state index in [4.69, 9.17) is 47.4 Å². The lowest BCUT2D eigenvalue weighted by Gasteiger charge is -2.48. The molecule has 0 amide bonds. The van der Waals surface area contributed by atoms with E-state index in [9.17, 15) is 38.7 Å². The minimum absolute atomic E-state index is 0.569. The van der Waals surface area contributed by atoms with Crippen molar-refractivity contribution in [2.45, 2.75) is 110 Å². The van der Waals surface area contributed by atoms with Gasteiger partial charge in [-0.05, 0) is 0 Å². The minimum Gasteiger partial charge on any atom is -0.463 e. The number of hydrogen-bond acceptors (Lipinski definition) is 18. The third-order valence-electron chi connectivity index (χ3n) is 5.89. The maximum Gasteiger partial charge on any atom is 0.303 e. The molecule has 18 nitrogen and oxygen atoms in total. The molecule has 44 heavy (non-hydrogen) atoms. The Morgan fingerprint density at radius 2 is 0.795 bits per heavy atom. The van der Waals surface area contributed by atoms with Gasteiger partial charge in [0.15, 0.2) is 36.6 Å². The summed E-state index contributed by atoms with van der Waals surface area (Å²) in [6, 6.07) is 0. The minimum atomic E-state index is -1.80. The molecule has 0 aliphatic carbocycles. The number of hydrogen-bond donors (Lipinski definition) is 1. The van der Waals surface area contributed by atoms with Crippen molar-refractivity contribution < 1.29 is 86.0 Å². The molecule has 248 valence electrons. The van der Waals surface area contributed by atoms with Crippen LogP contribution < -0.4 is 0 Å². The van der Waals surface area contributed by atoms with E-state index in [0.29, 0.717) is 0 Å². The lowest BCUT2D eigenvalue weighted by molar-refractivity contribution is -0.377. The Labute approximate surface area is 251 Å². The van der Waals surface area contributed by atoms with Gasteiger partial charge in [-0.25, -0.2) is 0 Å². The number of carbonyl (C=O) groups excluding carboxylic acids is 7. The third-order valence-corrected chi connectivity index (χ3v) is 5.89. The van der Waals surface area contributed by atoms with E-state index in [2.05, 4.69) is 0 Å². The molecule has 0 bridgehead atoms. The SMILES string of the molecule is CC(=O)OC[C@H]1O[C@H](O[C@@H]2O[C@H](CO)[C@@H](OC(C)=O)[C@H](OC(C)=O)[C@H]2OC(C)=O)[C@H](OC(C)=O)[C@@H](OC(C)=O)[C@H]1OC(C)=O. The summed E-state index contributed by atoms with van der Waals surface area (Å²) in [6.45, 7) is 5.85. The van der Waals surface area contributed by atoms with Crippen LogP contribution in [0.2, 0.25) is 0 Å². The van der Waals surface area contributed by atoms with Crippen molar-refractivity contribution >= 4 is 41.8 Å². The van der Waals surface area contributed by atoms with Crippen molar-refractivity contribution in [2.75, 3.05) is 13.2 Å². The highest BCUT2D eigenvalue weighted by Crippen LogP contribution is 2.35. The van der Waals surface area contributed by atoms with E-state index in [1.165, 1.54) is 0 Å². The van der Waals surface area contributed by atoms with Crippen LogP contribution in [0.15, 0.2) is 0 Å². The predicted molar refractivity (Wildman–Crippen MR) is 135 cm³/mol. The molecule has 10 atom stereocenters. The highest BCUT2D eigenvalue weighted by Gasteiger charge is 2.57. The van der Waals surface area contributed by atoms with Crippen LogP contribution >= 0.6 is 0 Å². The smallest absolute Gasteiger partial charge is 0.303 e. The fourth-order valence-corrected chi connectivity index (χ4v) is 4.54. The molecule has 0 radical (unpaired) electrons. The second kappa shape index (κ2) is 16.3. The van der Waals surface area contributed by atoms with Crippen molar-refractivity contribution in [3.8, 4) is 0 Å². The standard InChI is InChI=1S/C26H36O18/c1-10(28)35-9-18-20(37-12(3)30)22(39-14(5)32)24(41-16(7)34)26(43-18)44-25-23(40-15(6)33)21(38-13(4)31)19(36-11(2)29)17(8-27)42-25/h17-27H,8-9H2,1-7H3/t17-,18-,19-,20+,21+,22+,23-,24-,25+,26-/m1/s1. The molecular formula is C26H36O18. The first-order valence-electron chi connectivity index (χ1n) is 13.3. The van der Waals surface area contributed by atoms with Crippen LogP contribution in [0.4, 0.5) is 0 Å². The normalized spacial score (nSPS) is 31.5. The average Bonchev–Trinajstić information content (AvgIpc) is 2.87. The summed E-state index contributed by atoms with van der Waals surface area (Å²) >= 11 is 0. The van der Waals surface area contributed by atoms with Gasteiger partial charge in [0.2, 0.25) is 12.6 Å². The Balaban J connectivity index is 2.63. The van der Waals surface area contributed by atoms with E-state index in [0.717, 1.165) is 48.5 Å². The summed E-state index contributed by atoms with van der Waals surface area (Å²) in [6.07, 6.45) is -16.0. The quantitative estimate of drug-likeness (QED) is 0.203. The first-order valence-corrected chi connectivity index (χ1v) is 13.3. The van der Waals surface area contributed by atoms with Gasteiger partial charge in [0, 0.05) is 48.5 Å². The summed E-state index contributed by atoms with van der Waals surface area (Å²) < 4.78 is 54.5. The number of aliphatic hydroxyl groups excluding tert-OH is 1. The van der Waals surface area contributed by atoms with E-state index in [1.54, 1.807) is 0 Å². The zero-order valence-corrected chi connectivity index (χ0v) is 25.1. The van der Waals surface area contributed by atoms with E-state index < -0.39 is 116 Å². The molecule has 2 heterocycles. The van der Waals surface area contributed by atoms with Gasteiger partial charge in [0.25, 0.3) is 0 Å². The fourth-order valence-electron chi connectivity index (χ4n) is 4.54. The molecule has 2 aliphatic rings. The van der Waals surface area contributed by atoms with Crippen molar-refractivity contribution in [3.05, 3.63) is 0 Å². The van der Waals surface area contributed by atoms with Gasteiger partial charge >= 0.3 is 41.8 Å². The number of rotatable bonds is 11. The van der Waals surface area contributed by atoms with Crippen molar-refractivity contribution in [1.29, 1.82) is 0 Å². The lowest BCUT2D eigenvalue weighted by Crippen LogP contribution is -2.66. The largest absolute Gasteiger partial charge is 0.463 e. The Hall–Kier alpha value is -3.87. The molecule has 2 rings (SSSR count). The van der Waals surface area contributed by atoms with E-state index in [-0.39, 0.29) is 0 Å². The Bertz CT molecular complexity index is 1090. The van der Waals surface area contributed by atoms with Gasteiger partial charge in [0.05, 0.1) is 6.61 Å². The number of carbonyl (C=O) groups is 7. The molecule has 0 aromatic heterocycles. The van der Waals surface area contributed by atoms with Gasteiger partial charge in [-0.2, -0.15) is 0 Å². The van der Waals surface area contributed by atoms with Crippen molar-refractivity contribution in [3.63, 3.8) is 0 Å². The third kappa shape index (κ3) is 10.4. The molecule has 0 saturated carbocycles. The molecule has 0 unspecified atom stereocenters. The van der Waals surface area contributed by atoms with Crippen LogP contribution in [-0.4, -0.2) is 122 Å². The van der Waals surface area contributed by atoms with Crippen molar-refractivity contribution in [2.24, 2.45) is 0 Å². The van der Waals surface area contributed by atoms with Crippen LogP contribution in [0.25, 0.3) is 0 Å². The zero-order valence-electron chi connectivity index (χ0n) is 25.1. The molecule has 18 heteroatoms. The molecular weight excluding hydrogens is 600 g/mol. The second-order valence-electron chi connectivity index (χ2n) is 9.65. The van der Waals surface area contributed by atoms with E-state index >= 15 is 0 Å². The number of ether oxygens (including phenoxy) is 10. The van der Waals surface area contributed by atoms with Gasteiger partial charge in [-0.1, -0.05) is 0 Å². The Kier molecular flexibility index (Phi) is 13.4. The van der Waals surface area contributed by atoms with Gasteiger partial charge in [0.1, 0.15) is 18.8 Å². The molecule has 2 fully saturated rings. The molecule has 0 spiro atoms. The summed E-state index contributed by atoms with van der Waals surface area (Å²) in [4.78, 5) is 83.8. The van der Waals surface area contributed by atoms with Gasteiger partial charge in [-0.3, -0.25) is 33.6 Å². The maximum absolute atomic E-state index is 12.1. The van der Waals surface area contributed by atoms with Crippen LogP contribution in [-0.2, 0) is 80.9 Å². The first-order chi connectivity index (χ1) is 20.5. The van der Waals surface area contributed by atoms with Crippen LogP contribution in [0.5, 0.6) is 0 Å². The average molecular weight is 637 g/mol. The summed E-state index contributed by atoms with van der Waals surface area (Å²) in [5.41, 5.74) is 0. The highest BCUT2D eigenvalue weighted by atomic mass is 16.8. The summed E-state index contributed by atoms with van der Waals surface area (Å²) in [5, 5.41) is 10.0. The van der Waals surface area contributed by atoms with Gasteiger partial charge in [-0.15, -0.1) is 0 Å².